The number of hydrogen-bond donors (Lipinski definition) is 3. The van der Waals surface area contributed by atoms with Gasteiger partial charge >= 0.3 is 5.97 Å². The molecule has 1 aliphatic heterocycles. The Morgan fingerprint density at radius 2 is 1.91 bits per heavy atom. The Bertz CT molecular complexity index is 1100. The quantitative estimate of drug-likeness (QED) is 0.464. The Kier molecular flexibility index (Phi) is 6.65. The van der Waals surface area contributed by atoms with Crippen LogP contribution in [-0.2, 0) is 10.2 Å². The lowest BCUT2D eigenvalue weighted by molar-refractivity contribution is -0.142. The summed E-state index contributed by atoms with van der Waals surface area (Å²) in [7, 11) is 0. The SMILES string of the molecule is C[C@@H](CN[C@H](c1ccccc1)[C@H]1CNc2cccnc2O1)c1cccc(C(C)(C)C(=O)O)c1. The van der Waals surface area contributed by atoms with Crippen LogP contribution in [-0.4, -0.2) is 35.3 Å². The molecule has 1 aromatic heterocycles. The predicted molar refractivity (Wildman–Crippen MR) is 130 cm³/mol. The van der Waals surface area contributed by atoms with E-state index in [0.717, 1.165) is 22.4 Å². The summed E-state index contributed by atoms with van der Waals surface area (Å²) in [6, 6.07) is 22.0. The first-order chi connectivity index (χ1) is 15.9. The van der Waals surface area contributed by atoms with Crippen LogP contribution in [0.15, 0.2) is 72.9 Å². The van der Waals surface area contributed by atoms with Gasteiger partial charge in [0.25, 0.3) is 0 Å². The molecule has 2 heterocycles. The van der Waals surface area contributed by atoms with E-state index in [-0.39, 0.29) is 18.1 Å². The fraction of sp³-hybridized carbons (Fsp3) is 0.333. The molecule has 172 valence electrons. The highest BCUT2D eigenvalue weighted by molar-refractivity contribution is 5.80. The summed E-state index contributed by atoms with van der Waals surface area (Å²) in [4.78, 5) is 16.1. The van der Waals surface area contributed by atoms with Gasteiger partial charge in [-0.2, -0.15) is 0 Å². The Morgan fingerprint density at radius 3 is 2.67 bits per heavy atom. The average Bonchev–Trinajstić information content (AvgIpc) is 2.84. The lowest BCUT2D eigenvalue weighted by Crippen LogP contribution is -2.43. The summed E-state index contributed by atoms with van der Waals surface area (Å²) in [6.45, 7) is 7.01. The molecule has 3 atom stereocenters. The average molecular weight is 446 g/mol. The van der Waals surface area contributed by atoms with Gasteiger partial charge < -0.3 is 20.5 Å². The van der Waals surface area contributed by atoms with Crippen molar-refractivity contribution in [3.63, 3.8) is 0 Å². The van der Waals surface area contributed by atoms with Gasteiger partial charge in [-0.3, -0.25) is 4.79 Å². The lowest BCUT2D eigenvalue weighted by atomic mass is 9.83. The van der Waals surface area contributed by atoms with Gasteiger partial charge in [-0.25, -0.2) is 4.98 Å². The number of benzene rings is 2. The smallest absolute Gasteiger partial charge is 0.313 e. The van der Waals surface area contributed by atoms with Crippen LogP contribution < -0.4 is 15.4 Å². The maximum absolute atomic E-state index is 11.7. The maximum Gasteiger partial charge on any atom is 0.313 e. The van der Waals surface area contributed by atoms with Crippen molar-refractivity contribution in [3.05, 3.63) is 89.6 Å². The second-order valence-electron chi connectivity index (χ2n) is 9.15. The number of aliphatic carboxylic acids is 1. The second kappa shape index (κ2) is 9.63. The van der Waals surface area contributed by atoms with Crippen LogP contribution in [0.1, 0.15) is 49.4 Å². The molecule has 3 aromatic rings. The molecule has 3 N–H and O–H groups in total. The van der Waals surface area contributed by atoms with Crippen LogP contribution in [0.2, 0.25) is 0 Å². The molecule has 0 saturated heterocycles. The summed E-state index contributed by atoms with van der Waals surface area (Å²) < 4.78 is 6.28. The molecule has 1 aliphatic rings. The molecule has 6 nitrogen and oxygen atoms in total. The van der Waals surface area contributed by atoms with E-state index in [2.05, 4.69) is 40.7 Å². The van der Waals surface area contributed by atoms with Gasteiger partial charge in [0.2, 0.25) is 5.88 Å². The summed E-state index contributed by atoms with van der Waals surface area (Å²) in [6.07, 6.45) is 1.61. The van der Waals surface area contributed by atoms with Gasteiger partial charge in [0, 0.05) is 12.7 Å². The third kappa shape index (κ3) is 5.01. The van der Waals surface area contributed by atoms with Crippen molar-refractivity contribution in [1.82, 2.24) is 10.3 Å². The van der Waals surface area contributed by atoms with Crippen LogP contribution >= 0.6 is 0 Å². The van der Waals surface area contributed by atoms with Gasteiger partial charge in [-0.15, -0.1) is 0 Å². The Labute approximate surface area is 195 Å². The predicted octanol–water partition coefficient (Wildman–Crippen LogP) is 4.75. The zero-order chi connectivity index (χ0) is 23.4. The molecule has 0 unspecified atom stereocenters. The number of rotatable bonds is 8. The number of hydrogen-bond acceptors (Lipinski definition) is 5. The first-order valence-corrected chi connectivity index (χ1v) is 11.3. The van der Waals surface area contributed by atoms with Crippen molar-refractivity contribution in [2.75, 3.05) is 18.4 Å². The normalized spacial score (nSPS) is 17.2. The molecule has 2 aromatic carbocycles. The van der Waals surface area contributed by atoms with Gasteiger partial charge in [0.1, 0.15) is 6.10 Å². The van der Waals surface area contributed by atoms with Crippen molar-refractivity contribution in [2.24, 2.45) is 0 Å². The minimum atomic E-state index is -0.933. The topological polar surface area (TPSA) is 83.5 Å². The molecular formula is C27H31N3O3. The molecule has 0 fully saturated rings. The van der Waals surface area contributed by atoms with Gasteiger partial charge in [0.05, 0.1) is 23.7 Å². The summed E-state index contributed by atoms with van der Waals surface area (Å²) in [5, 5.41) is 16.7. The van der Waals surface area contributed by atoms with E-state index in [9.17, 15) is 9.90 Å². The zero-order valence-electron chi connectivity index (χ0n) is 19.3. The number of carboxylic acids is 1. The molecule has 33 heavy (non-hydrogen) atoms. The summed E-state index contributed by atoms with van der Waals surface area (Å²) >= 11 is 0. The van der Waals surface area contributed by atoms with Crippen LogP contribution in [0.4, 0.5) is 5.69 Å². The molecule has 0 radical (unpaired) electrons. The maximum atomic E-state index is 11.7. The molecule has 6 heteroatoms. The number of nitrogens with one attached hydrogen (secondary N) is 2. The number of nitrogens with zero attached hydrogens (tertiary/aromatic N) is 1. The Balaban J connectivity index is 1.52. The van der Waals surface area contributed by atoms with E-state index >= 15 is 0 Å². The minimum Gasteiger partial charge on any atom is -0.481 e. The van der Waals surface area contributed by atoms with Crippen LogP contribution in [0.25, 0.3) is 0 Å². The molecule has 0 spiro atoms. The highest BCUT2D eigenvalue weighted by atomic mass is 16.5. The summed E-state index contributed by atoms with van der Waals surface area (Å²) in [5.41, 5.74) is 3.04. The van der Waals surface area contributed by atoms with E-state index in [1.54, 1.807) is 20.0 Å². The largest absolute Gasteiger partial charge is 0.481 e. The fourth-order valence-electron chi connectivity index (χ4n) is 4.10. The van der Waals surface area contributed by atoms with Crippen molar-refractivity contribution < 1.29 is 14.6 Å². The molecule has 0 saturated carbocycles. The third-order valence-electron chi connectivity index (χ3n) is 6.41. The van der Waals surface area contributed by atoms with Crippen molar-refractivity contribution in [2.45, 2.75) is 44.2 Å². The zero-order valence-corrected chi connectivity index (χ0v) is 19.3. The molecule has 0 bridgehead atoms. The number of ether oxygens (including phenoxy) is 1. The van der Waals surface area contributed by atoms with Gasteiger partial charge in [-0.05, 0) is 48.6 Å². The van der Waals surface area contributed by atoms with Crippen LogP contribution in [0.5, 0.6) is 5.88 Å². The van der Waals surface area contributed by atoms with Crippen molar-refractivity contribution in [3.8, 4) is 5.88 Å². The van der Waals surface area contributed by atoms with E-state index in [4.69, 9.17) is 4.74 Å². The molecular weight excluding hydrogens is 414 g/mol. The van der Waals surface area contributed by atoms with Crippen molar-refractivity contribution >= 4 is 11.7 Å². The number of carbonyl (C=O) groups is 1. The number of pyridine rings is 1. The standard InChI is InChI=1S/C27H31N3O3/c1-18(20-11-7-12-21(15-20)27(2,3)26(31)32)16-30-24(19-9-5-4-6-10-19)23-17-29-22-13-8-14-28-25(22)33-23/h4-15,18,23-24,29-30H,16-17H2,1-3H3,(H,31,32)/t18-,23+,24+/m0/s1. The highest BCUT2D eigenvalue weighted by Crippen LogP contribution is 2.31. The summed E-state index contributed by atoms with van der Waals surface area (Å²) in [5.74, 6) is -0.0266. The van der Waals surface area contributed by atoms with Crippen LogP contribution in [0, 0.1) is 0 Å². The number of carboxylic acid groups (broad SMARTS) is 1. The highest BCUT2D eigenvalue weighted by Gasteiger charge is 2.31. The van der Waals surface area contributed by atoms with Gasteiger partial charge in [-0.1, -0.05) is 61.5 Å². The number of anilines is 1. The van der Waals surface area contributed by atoms with E-state index < -0.39 is 11.4 Å². The fourth-order valence-corrected chi connectivity index (χ4v) is 4.10. The van der Waals surface area contributed by atoms with Gasteiger partial charge in [0.15, 0.2) is 0 Å². The van der Waals surface area contributed by atoms with E-state index in [1.165, 1.54) is 0 Å². The monoisotopic (exact) mass is 445 g/mol. The first kappa shape index (κ1) is 22.8. The number of aromatic nitrogens is 1. The molecule has 0 amide bonds. The molecule has 0 aliphatic carbocycles. The molecule has 4 rings (SSSR count). The third-order valence-corrected chi connectivity index (χ3v) is 6.41. The van der Waals surface area contributed by atoms with Crippen LogP contribution in [0.3, 0.4) is 0 Å². The van der Waals surface area contributed by atoms with E-state index in [1.807, 2.05) is 48.5 Å². The second-order valence-corrected chi connectivity index (χ2v) is 9.15. The number of fused-ring (bicyclic) bond motifs is 1. The Hall–Kier alpha value is -3.38. The first-order valence-electron chi connectivity index (χ1n) is 11.3. The minimum absolute atomic E-state index is 0.0325. The van der Waals surface area contributed by atoms with E-state index in [0.29, 0.717) is 19.0 Å². The Morgan fingerprint density at radius 1 is 1.15 bits per heavy atom. The lowest BCUT2D eigenvalue weighted by Gasteiger charge is -2.34. The van der Waals surface area contributed by atoms with Crippen molar-refractivity contribution in [1.29, 1.82) is 0 Å².